The Hall–Kier alpha value is -1.58. The molecule has 2 rings (SSSR count). The molecule has 0 radical (unpaired) electrons. The first-order valence-electron chi connectivity index (χ1n) is 5.86. The first-order valence-corrected chi connectivity index (χ1v) is 6.24. The van der Waals surface area contributed by atoms with Crippen molar-refractivity contribution in [2.75, 3.05) is 7.11 Å². The van der Waals surface area contributed by atoms with Crippen molar-refractivity contribution in [2.45, 2.75) is 12.5 Å². The Bertz CT molecular complexity index is 572. The standard InChI is InChI=1S/C15H14ClFO2/c1-19-15-7-6-11(17)9-12(15)14(18)8-10-4-2-3-5-13(10)16/h2-7,9,14,18H,8H2,1H3. The summed E-state index contributed by atoms with van der Waals surface area (Å²) >= 11 is 6.04. The van der Waals surface area contributed by atoms with Gasteiger partial charge in [0.1, 0.15) is 11.6 Å². The van der Waals surface area contributed by atoms with Gasteiger partial charge in [-0.25, -0.2) is 4.39 Å². The second-order valence-electron chi connectivity index (χ2n) is 4.20. The van der Waals surface area contributed by atoms with Gasteiger partial charge in [-0.2, -0.15) is 0 Å². The van der Waals surface area contributed by atoms with Crippen molar-refractivity contribution in [1.29, 1.82) is 0 Å². The summed E-state index contributed by atoms with van der Waals surface area (Å²) in [5, 5.41) is 10.8. The number of ether oxygens (including phenoxy) is 1. The van der Waals surface area contributed by atoms with E-state index < -0.39 is 11.9 Å². The van der Waals surface area contributed by atoms with Gasteiger partial charge in [0.25, 0.3) is 0 Å². The normalized spacial score (nSPS) is 12.2. The lowest BCUT2D eigenvalue weighted by Gasteiger charge is -2.15. The van der Waals surface area contributed by atoms with Crippen molar-refractivity contribution in [3.05, 3.63) is 64.4 Å². The molecular weight excluding hydrogens is 267 g/mol. The molecule has 0 heterocycles. The van der Waals surface area contributed by atoms with E-state index in [2.05, 4.69) is 0 Å². The second-order valence-corrected chi connectivity index (χ2v) is 4.60. The molecule has 2 aromatic carbocycles. The van der Waals surface area contributed by atoms with Crippen LogP contribution >= 0.6 is 11.6 Å². The molecule has 0 amide bonds. The van der Waals surface area contributed by atoms with Crippen molar-refractivity contribution >= 4 is 11.6 Å². The third-order valence-electron chi connectivity index (χ3n) is 2.92. The fourth-order valence-electron chi connectivity index (χ4n) is 1.95. The average Bonchev–Trinajstić information content (AvgIpc) is 2.41. The molecule has 1 N–H and O–H groups in total. The van der Waals surface area contributed by atoms with Crippen molar-refractivity contribution in [2.24, 2.45) is 0 Å². The lowest BCUT2D eigenvalue weighted by Crippen LogP contribution is -2.05. The minimum Gasteiger partial charge on any atom is -0.496 e. The summed E-state index contributed by atoms with van der Waals surface area (Å²) in [5.41, 5.74) is 1.23. The zero-order valence-electron chi connectivity index (χ0n) is 10.4. The Morgan fingerprint density at radius 3 is 2.68 bits per heavy atom. The summed E-state index contributed by atoms with van der Waals surface area (Å²) in [4.78, 5) is 0. The van der Waals surface area contributed by atoms with E-state index in [-0.39, 0.29) is 0 Å². The van der Waals surface area contributed by atoms with E-state index >= 15 is 0 Å². The van der Waals surface area contributed by atoms with Gasteiger partial charge in [0.2, 0.25) is 0 Å². The first-order chi connectivity index (χ1) is 9.11. The van der Waals surface area contributed by atoms with E-state index in [1.54, 1.807) is 6.07 Å². The molecule has 0 aromatic heterocycles. The molecule has 0 spiro atoms. The average molecular weight is 281 g/mol. The number of aliphatic hydroxyl groups excluding tert-OH is 1. The zero-order chi connectivity index (χ0) is 13.8. The van der Waals surface area contributed by atoms with Crippen LogP contribution in [0.2, 0.25) is 5.02 Å². The van der Waals surface area contributed by atoms with E-state index in [4.69, 9.17) is 16.3 Å². The number of halogens is 2. The molecule has 2 aromatic rings. The van der Waals surface area contributed by atoms with E-state index in [1.165, 1.54) is 25.3 Å². The van der Waals surface area contributed by atoms with Gasteiger partial charge in [-0.1, -0.05) is 29.8 Å². The lowest BCUT2D eigenvalue weighted by atomic mass is 10.0. The highest BCUT2D eigenvalue weighted by Crippen LogP contribution is 2.30. The molecule has 19 heavy (non-hydrogen) atoms. The molecule has 0 saturated carbocycles. The van der Waals surface area contributed by atoms with Crippen LogP contribution in [0.15, 0.2) is 42.5 Å². The number of aliphatic hydroxyl groups is 1. The summed E-state index contributed by atoms with van der Waals surface area (Å²) in [5.74, 6) is 0.0509. The molecule has 0 aliphatic carbocycles. The van der Waals surface area contributed by atoms with E-state index in [9.17, 15) is 9.50 Å². The highest BCUT2D eigenvalue weighted by atomic mass is 35.5. The Labute approximate surface area is 116 Å². The van der Waals surface area contributed by atoms with Gasteiger partial charge in [0, 0.05) is 17.0 Å². The fourth-order valence-corrected chi connectivity index (χ4v) is 2.16. The maximum atomic E-state index is 13.3. The van der Waals surface area contributed by atoms with E-state index in [0.717, 1.165) is 5.56 Å². The maximum Gasteiger partial charge on any atom is 0.124 e. The quantitative estimate of drug-likeness (QED) is 0.924. The second kappa shape index (κ2) is 6.04. The van der Waals surface area contributed by atoms with Gasteiger partial charge in [-0.05, 0) is 29.8 Å². The summed E-state index contributed by atoms with van der Waals surface area (Å²) < 4.78 is 18.4. The first kappa shape index (κ1) is 13.8. The van der Waals surface area contributed by atoms with Crippen LogP contribution in [0.1, 0.15) is 17.2 Å². The zero-order valence-corrected chi connectivity index (χ0v) is 11.2. The van der Waals surface area contributed by atoms with Crippen LogP contribution in [0, 0.1) is 5.82 Å². The predicted octanol–water partition coefficient (Wildman–Crippen LogP) is 3.76. The Kier molecular flexibility index (Phi) is 4.40. The molecule has 0 fully saturated rings. The number of benzene rings is 2. The Balaban J connectivity index is 2.27. The van der Waals surface area contributed by atoms with Gasteiger partial charge in [0.15, 0.2) is 0 Å². The van der Waals surface area contributed by atoms with Gasteiger partial charge in [-0.3, -0.25) is 0 Å². The summed E-state index contributed by atoms with van der Waals surface area (Å²) in [7, 11) is 1.49. The SMILES string of the molecule is COc1ccc(F)cc1C(O)Cc1ccccc1Cl. The van der Waals surface area contributed by atoms with Gasteiger partial charge >= 0.3 is 0 Å². The van der Waals surface area contributed by atoms with Crippen molar-refractivity contribution < 1.29 is 14.2 Å². The van der Waals surface area contributed by atoms with Crippen molar-refractivity contribution in [3.63, 3.8) is 0 Å². The lowest BCUT2D eigenvalue weighted by molar-refractivity contribution is 0.173. The minimum atomic E-state index is -0.870. The molecule has 4 heteroatoms. The van der Waals surface area contributed by atoms with Crippen LogP contribution in [0.3, 0.4) is 0 Å². The third-order valence-corrected chi connectivity index (χ3v) is 3.29. The summed E-state index contributed by atoms with van der Waals surface area (Å²) in [6.45, 7) is 0. The molecule has 1 atom stereocenters. The summed E-state index contributed by atoms with van der Waals surface area (Å²) in [6.07, 6.45) is -0.565. The monoisotopic (exact) mass is 280 g/mol. The van der Waals surface area contributed by atoms with Crippen molar-refractivity contribution in [3.8, 4) is 5.75 Å². The minimum absolute atomic E-state index is 0.305. The number of hydrogen-bond acceptors (Lipinski definition) is 2. The fraction of sp³-hybridized carbons (Fsp3) is 0.200. The highest BCUT2D eigenvalue weighted by molar-refractivity contribution is 6.31. The molecular formula is C15H14ClFO2. The van der Waals surface area contributed by atoms with Crippen LogP contribution in [0.4, 0.5) is 4.39 Å². The van der Waals surface area contributed by atoms with Crippen molar-refractivity contribution in [1.82, 2.24) is 0 Å². The topological polar surface area (TPSA) is 29.5 Å². The Morgan fingerprint density at radius 1 is 1.26 bits per heavy atom. The molecule has 0 aliphatic rings. The van der Waals surface area contributed by atoms with Crippen LogP contribution in [0.5, 0.6) is 5.75 Å². The smallest absolute Gasteiger partial charge is 0.124 e. The van der Waals surface area contributed by atoms with Crippen LogP contribution in [-0.4, -0.2) is 12.2 Å². The molecule has 0 bridgehead atoms. The predicted molar refractivity (Wildman–Crippen MR) is 73.1 cm³/mol. The van der Waals surface area contributed by atoms with Crippen LogP contribution < -0.4 is 4.74 Å². The third kappa shape index (κ3) is 3.25. The van der Waals surface area contributed by atoms with E-state index in [0.29, 0.717) is 22.8 Å². The number of methoxy groups -OCH3 is 1. The molecule has 2 nitrogen and oxygen atoms in total. The van der Waals surface area contributed by atoms with Gasteiger partial charge < -0.3 is 9.84 Å². The van der Waals surface area contributed by atoms with Crippen LogP contribution in [-0.2, 0) is 6.42 Å². The molecule has 100 valence electrons. The molecule has 1 unspecified atom stereocenters. The maximum absolute atomic E-state index is 13.3. The number of hydrogen-bond donors (Lipinski definition) is 1. The highest BCUT2D eigenvalue weighted by Gasteiger charge is 2.16. The van der Waals surface area contributed by atoms with Gasteiger partial charge in [0.05, 0.1) is 13.2 Å². The molecule has 0 aliphatic heterocycles. The largest absolute Gasteiger partial charge is 0.496 e. The summed E-state index contributed by atoms with van der Waals surface area (Å²) in [6, 6.07) is 11.3. The van der Waals surface area contributed by atoms with Gasteiger partial charge in [-0.15, -0.1) is 0 Å². The van der Waals surface area contributed by atoms with Crippen LogP contribution in [0.25, 0.3) is 0 Å². The molecule has 0 saturated heterocycles. The Morgan fingerprint density at radius 2 is 2.00 bits per heavy atom. The number of rotatable bonds is 4. The van der Waals surface area contributed by atoms with E-state index in [1.807, 2.05) is 18.2 Å².